The fourth-order valence-electron chi connectivity index (χ4n) is 8.20. The summed E-state index contributed by atoms with van der Waals surface area (Å²) in [6.45, 7) is 7.70. The van der Waals surface area contributed by atoms with Gasteiger partial charge in [-0.15, -0.1) is 0 Å². The normalized spacial score (nSPS) is 22.4. The molecule has 2 aromatic heterocycles. The fraction of sp³-hybridized carbons (Fsp3) is 0.485. The molecule has 0 bridgehead atoms. The number of phenolic OH excluding ortho intramolecular Hbond substituents is 1. The molecular formula is C33H38F3N9O2. The predicted molar refractivity (Wildman–Crippen MR) is 171 cm³/mol. The molecule has 7 heterocycles. The summed E-state index contributed by atoms with van der Waals surface area (Å²) in [5.41, 5.74) is 12.3. The highest BCUT2D eigenvalue weighted by atomic mass is 19.4. The van der Waals surface area contributed by atoms with Crippen molar-refractivity contribution in [3.05, 3.63) is 59.0 Å². The topological polar surface area (TPSA) is 116 Å². The molecule has 3 fully saturated rings. The number of fused-ring (bicyclic) bond motifs is 3. The number of phenols is 1. The second kappa shape index (κ2) is 11.1. The van der Waals surface area contributed by atoms with Crippen molar-refractivity contribution >= 4 is 35.1 Å². The Morgan fingerprint density at radius 1 is 1.04 bits per heavy atom. The Balaban J connectivity index is 0.860. The molecule has 1 aromatic carbocycles. The van der Waals surface area contributed by atoms with E-state index >= 15 is 0 Å². The molecule has 248 valence electrons. The van der Waals surface area contributed by atoms with Crippen molar-refractivity contribution in [2.45, 2.75) is 38.4 Å². The maximum absolute atomic E-state index is 12.7. The molecule has 1 atom stereocenters. The Morgan fingerprint density at radius 3 is 2.47 bits per heavy atom. The minimum absolute atomic E-state index is 0.0379. The maximum Gasteiger partial charge on any atom is 0.471 e. The van der Waals surface area contributed by atoms with Crippen LogP contribution in [0.3, 0.4) is 0 Å². The number of hydrogen-bond donors (Lipinski definition) is 4. The van der Waals surface area contributed by atoms with Gasteiger partial charge in [0.2, 0.25) is 5.95 Å². The number of aromatic hydroxyl groups is 1. The standard InChI is InChI=1S/C33H38F3N9O2/c1-20-28-24-12-26(23-4-2-3-5-27(23)46)40-41-29(24)39-25(28)8-11-45(20)31-37-13-22(14-38-31)43-9-6-21(7-10-43)15-42-16-32(17-42)18-44(19-32)30(47)33(34,35)36/h2-5,12-14,20-21,39-41,46H,6-11,15-19H2,1H3. The highest BCUT2D eigenvalue weighted by molar-refractivity contribution is 5.90. The SMILES string of the molecule is CC1c2c([nH]c3c2C=C(c2ccccc2O)NN3)CCN1c1ncc(N2CCC(CN3CC4(C3)CN(C(=O)C(F)(F)F)C4)CC2)cn1. The quantitative estimate of drug-likeness (QED) is 0.326. The van der Waals surface area contributed by atoms with Crippen LogP contribution in [0.2, 0.25) is 0 Å². The Kier molecular flexibility index (Phi) is 7.04. The van der Waals surface area contributed by atoms with Crippen molar-refractivity contribution in [2.75, 3.05) is 67.6 Å². The molecule has 5 aliphatic rings. The molecule has 1 spiro atoms. The number of aromatic amines is 1. The highest BCUT2D eigenvalue weighted by Crippen LogP contribution is 2.43. The van der Waals surface area contributed by atoms with E-state index in [9.17, 15) is 23.1 Å². The van der Waals surface area contributed by atoms with E-state index in [0.717, 1.165) is 91.8 Å². The largest absolute Gasteiger partial charge is 0.507 e. The van der Waals surface area contributed by atoms with Gasteiger partial charge in [0.25, 0.3) is 0 Å². The van der Waals surface area contributed by atoms with Gasteiger partial charge in [-0.3, -0.25) is 15.6 Å². The van der Waals surface area contributed by atoms with Crippen LogP contribution in [0.5, 0.6) is 5.75 Å². The highest BCUT2D eigenvalue weighted by Gasteiger charge is 2.57. The first kappa shape index (κ1) is 29.9. The molecule has 47 heavy (non-hydrogen) atoms. The third kappa shape index (κ3) is 5.31. The summed E-state index contributed by atoms with van der Waals surface area (Å²) in [7, 11) is 0. The number of piperidine rings is 1. The third-order valence-electron chi connectivity index (χ3n) is 10.5. The average molecular weight is 650 g/mol. The Labute approximate surface area is 270 Å². The van der Waals surface area contributed by atoms with E-state index in [1.807, 2.05) is 24.5 Å². The average Bonchev–Trinajstić information content (AvgIpc) is 3.40. The molecule has 11 nitrogen and oxygen atoms in total. The number of alkyl halides is 3. The van der Waals surface area contributed by atoms with Crippen molar-refractivity contribution in [3.8, 4) is 5.75 Å². The van der Waals surface area contributed by atoms with E-state index in [1.165, 1.54) is 11.3 Å². The Bertz CT molecular complexity index is 1700. The molecule has 8 rings (SSSR count). The lowest BCUT2D eigenvalue weighted by Crippen LogP contribution is -2.74. The number of aromatic nitrogens is 3. The number of nitrogens with one attached hydrogen (secondary N) is 3. The number of anilines is 3. The second-order valence-electron chi connectivity index (χ2n) is 13.8. The van der Waals surface area contributed by atoms with Crippen LogP contribution >= 0.6 is 0 Å². The van der Waals surface area contributed by atoms with Crippen LogP contribution in [-0.4, -0.2) is 94.3 Å². The van der Waals surface area contributed by atoms with Crippen LogP contribution in [0.25, 0.3) is 11.8 Å². The number of para-hydroxylation sites is 1. The molecule has 1 unspecified atom stereocenters. The van der Waals surface area contributed by atoms with Crippen molar-refractivity contribution in [1.29, 1.82) is 0 Å². The third-order valence-corrected chi connectivity index (χ3v) is 10.5. The number of carbonyl (C=O) groups excluding carboxylic acids is 1. The van der Waals surface area contributed by atoms with Gasteiger partial charge in [0.15, 0.2) is 0 Å². The van der Waals surface area contributed by atoms with E-state index in [1.54, 1.807) is 12.1 Å². The first-order chi connectivity index (χ1) is 22.6. The fourth-order valence-corrected chi connectivity index (χ4v) is 8.20. The van der Waals surface area contributed by atoms with Gasteiger partial charge in [-0.05, 0) is 43.9 Å². The van der Waals surface area contributed by atoms with Crippen LogP contribution in [0.1, 0.15) is 48.2 Å². The summed E-state index contributed by atoms with van der Waals surface area (Å²) < 4.78 is 38.0. The molecule has 5 aliphatic heterocycles. The molecule has 3 aromatic rings. The van der Waals surface area contributed by atoms with Crippen LogP contribution < -0.4 is 20.7 Å². The number of halogens is 3. The lowest BCUT2D eigenvalue weighted by Gasteiger charge is -2.60. The minimum Gasteiger partial charge on any atom is -0.507 e. The zero-order chi connectivity index (χ0) is 32.5. The Morgan fingerprint density at radius 2 is 1.77 bits per heavy atom. The number of H-pyrrole nitrogens is 1. The molecule has 3 saturated heterocycles. The number of carbonyl (C=O) groups is 1. The maximum atomic E-state index is 12.7. The Hall–Kier alpha value is -4.46. The zero-order valence-corrected chi connectivity index (χ0v) is 26.1. The number of nitrogens with zero attached hydrogens (tertiary/aromatic N) is 6. The molecule has 0 saturated carbocycles. The minimum atomic E-state index is -4.78. The number of likely N-dealkylation sites (tertiary alicyclic amines) is 2. The lowest BCUT2D eigenvalue weighted by atomic mass is 9.72. The van der Waals surface area contributed by atoms with Crippen LogP contribution in [0.15, 0.2) is 36.7 Å². The van der Waals surface area contributed by atoms with Gasteiger partial charge in [0.05, 0.1) is 29.8 Å². The molecule has 0 aliphatic carbocycles. The lowest BCUT2D eigenvalue weighted by molar-refractivity contribution is -0.205. The molecular weight excluding hydrogens is 611 g/mol. The first-order valence-electron chi connectivity index (χ1n) is 16.3. The van der Waals surface area contributed by atoms with Gasteiger partial charge in [0.1, 0.15) is 11.6 Å². The van der Waals surface area contributed by atoms with Crippen molar-refractivity contribution in [2.24, 2.45) is 11.3 Å². The smallest absolute Gasteiger partial charge is 0.471 e. The number of hydrazine groups is 1. The number of hydrogen-bond acceptors (Lipinski definition) is 9. The van der Waals surface area contributed by atoms with Crippen molar-refractivity contribution < 1.29 is 23.1 Å². The second-order valence-corrected chi connectivity index (χ2v) is 13.8. The van der Waals surface area contributed by atoms with Crippen molar-refractivity contribution in [3.63, 3.8) is 0 Å². The van der Waals surface area contributed by atoms with Crippen molar-refractivity contribution in [1.82, 2.24) is 30.2 Å². The van der Waals surface area contributed by atoms with Gasteiger partial charge in [-0.25, -0.2) is 9.97 Å². The first-order valence-corrected chi connectivity index (χ1v) is 16.3. The van der Waals surface area contributed by atoms with Crippen LogP contribution in [0, 0.1) is 11.3 Å². The van der Waals surface area contributed by atoms with Gasteiger partial charge in [-0.2, -0.15) is 13.2 Å². The summed E-state index contributed by atoms with van der Waals surface area (Å²) in [6, 6.07) is 7.31. The van der Waals surface area contributed by atoms with Gasteiger partial charge < -0.3 is 29.7 Å². The summed E-state index contributed by atoms with van der Waals surface area (Å²) >= 11 is 0. The van der Waals surface area contributed by atoms with Gasteiger partial charge in [-0.1, -0.05) is 12.1 Å². The zero-order valence-electron chi connectivity index (χ0n) is 26.1. The molecule has 1 amide bonds. The molecule has 14 heteroatoms. The van der Waals surface area contributed by atoms with E-state index < -0.39 is 12.1 Å². The molecule has 4 N–H and O–H groups in total. The van der Waals surface area contributed by atoms with E-state index in [4.69, 9.17) is 9.97 Å². The summed E-state index contributed by atoms with van der Waals surface area (Å²) in [6.07, 6.45) is 4.03. The summed E-state index contributed by atoms with van der Waals surface area (Å²) in [4.78, 5) is 32.4. The molecule has 0 radical (unpaired) electrons. The number of benzene rings is 1. The predicted octanol–water partition coefficient (Wildman–Crippen LogP) is 3.99. The van der Waals surface area contributed by atoms with E-state index in [0.29, 0.717) is 11.9 Å². The van der Waals surface area contributed by atoms with E-state index in [-0.39, 0.29) is 30.3 Å². The monoisotopic (exact) mass is 649 g/mol. The van der Waals surface area contributed by atoms with Gasteiger partial charge in [0, 0.05) is 86.6 Å². The van der Waals surface area contributed by atoms with Gasteiger partial charge >= 0.3 is 12.1 Å². The van der Waals surface area contributed by atoms with E-state index in [2.05, 4.69) is 43.5 Å². The van der Waals surface area contributed by atoms with Crippen LogP contribution in [0.4, 0.5) is 30.6 Å². The summed E-state index contributed by atoms with van der Waals surface area (Å²) in [5, 5.41) is 10.4. The van der Waals surface area contributed by atoms with Crippen LogP contribution in [-0.2, 0) is 11.2 Å². The summed E-state index contributed by atoms with van der Waals surface area (Å²) in [5.74, 6) is 0.647. The number of rotatable bonds is 5. The number of amides is 1.